The van der Waals surface area contributed by atoms with Crippen LogP contribution in [0.1, 0.15) is 31.2 Å². The zero-order valence-electron chi connectivity index (χ0n) is 15.4. The molecule has 0 aliphatic carbocycles. The SMILES string of the molecule is CC(C)n1c(=O)c(C=Nc2cc(Cl)c(Cl)cc2Cl)c(O)n(Cc2ccco2)c1=O. The van der Waals surface area contributed by atoms with Gasteiger partial charge in [-0.25, -0.2) is 4.79 Å². The minimum atomic E-state index is -0.682. The van der Waals surface area contributed by atoms with Crippen LogP contribution in [0.2, 0.25) is 15.1 Å². The first-order valence-electron chi connectivity index (χ1n) is 8.50. The molecule has 3 aromatic rings. The normalized spacial score (nSPS) is 11.7. The number of benzene rings is 1. The number of furan rings is 1. The van der Waals surface area contributed by atoms with Crippen LogP contribution in [0.4, 0.5) is 5.69 Å². The molecular formula is C19H16Cl3N3O4. The molecule has 3 rings (SSSR count). The van der Waals surface area contributed by atoms with Crippen molar-refractivity contribution in [2.45, 2.75) is 26.4 Å². The summed E-state index contributed by atoms with van der Waals surface area (Å²) in [7, 11) is 0. The van der Waals surface area contributed by atoms with Crippen molar-refractivity contribution in [2.75, 3.05) is 0 Å². The number of nitrogens with zero attached hydrogens (tertiary/aromatic N) is 3. The number of hydrogen-bond acceptors (Lipinski definition) is 5. The van der Waals surface area contributed by atoms with E-state index in [0.29, 0.717) is 5.76 Å². The highest BCUT2D eigenvalue weighted by molar-refractivity contribution is 6.44. The highest BCUT2D eigenvalue weighted by atomic mass is 35.5. The van der Waals surface area contributed by atoms with Gasteiger partial charge in [-0.3, -0.25) is 18.9 Å². The summed E-state index contributed by atoms with van der Waals surface area (Å²) in [6, 6.07) is 5.71. The largest absolute Gasteiger partial charge is 0.494 e. The molecule has 1 N–H and O–H groups in total. The Morgan fingerprint density at radius 3 is 2.48 bits per heavy atom. The molecule has 0 saturated heterocycles. The number of halogens is 3. The van der Waals surface area contributed by atoms with Crippen molar-refractivity contribution < 1.29 is 9.52 Å². The van der Waals surface area contributed by atoms with Crippen LogP contribution in [-0.4, -0.2) is 20.5 Å². The summed E-state index contributed by atoms with van der Waals surface area (Å²) in [4.78, 5) is 29.8. The van der Waals surface area contributed by atoms with Gasteiger partial charge < -0.3 is 9.52 Å². The van der Waals surface area contributed by atoms with Crippen LogP contribution in [0.5, 0.6) is 5.88 Å². The van der Waals surface area contributed by atoms with Gasteiger partial charge in [-0.2, -0.15) is 0 Å². The van der Waals surface area contributed by atoms with Gasteiger partial charge in [0.25, 0.3) is 5.56 Å². The highest BCUT2D eigenvalue weighted by Crippen LogP contribution is 2.34. The molecule has 7 nitrogen and oxygen atoms in total. The Morgan fingerprint density at radius 2 is 1.86 bits per heavy atom. The van der Waals surface area contributed by atoms with E-state index < -0.39 is 23.2 Å². The van der Waals surface area contributed by atoms with Crippen molar-refractivity contribution >= 4 is 46.7 Å². The third-order valence-electron chi connectivity index (χ3n) is 4.12. The Bertz CT molecular complexity index is 1190. The predicted molar refractivity (Wildman–Crippen MR) is 114 cm³/mol. The molecule has 0 amide bonds. The van der Waals surface area contributed by atoms with Gasteiger partial charge in [-0.15, -0.1) is 0 Å². The second-order valence-corrected chi connectivity index (χ2v) is 7.65. The molecule has 2 heterocycles. The number of aromatic hydroxyl groups is 1. The van der Waals surface area contributed by atoms with E-state index in [2.05, 4.69) is 4.99 Å². The summed E-state index contributed by atoms with van der Waals surface area (Å²) >= 11 is 18.0. The van der Waals surface area contributed by atoms with Crippen molar-refractivity contribution in [3.63, 3.8) is 0 Å². The lowest BCUT2D eigenvalue weighted by atomic mass is 10.2. The van der Waals surface area contributed by atoms with E-state index in [1.54, 1.807) is 26.0 Å². The summed E-state index contributed by atoms with van der Waals surface area (Å²) in [6.45, 7) is 3.32. The van der Waals surface area contributed by atoms with Crippen LogP contribution in [-0.2, 0) is 6.54 Å². The lowest BCUT2D eigenvalue weighted by Crippen LogP contribution is -2.42. The molecule has 0 atom stereocenters. The molecular weight excluding hydrogens is 441 g/mol. The average Bonchev–Trinajstić information content (AvgIpc) is 3.15. The lowest BCUT2D eigenvalue weighted by molar-refractivity contribution is 0.375. The first-order chi connectivity index (χ1) is 13.7. The standard InChI is InChI=1S/C19H16Cl3N3O4/c1-10(2)25-18(27)12(8-23-16-7-14(21)13(20)6-15(16)22)17(26)24(19(25)28)9-11-4-3-5-29-11/h3-8,10,26H,9H2,1-2H3. The average molecular weight is 457 g/mol. The minimum Gasteiger partial charge on any atom is -0.494 e. The molecule has 10 heteroatoms. The van der Waals surface area contributed by atoms with Crippen LogP contribution in [0, 0.1) is 0 Å². The third kappa shape index (κ3) is 4.27. The molecule has 0 aliphatic rings. The second kappa shape index (κ2) is 8.49. The molecule has 0 bridgehead atoms. The van der Waals surface area contributed by atoms with Crippen molar-refractivity contribution in [2.24, 2.45) is 4.99 Å². The van der Waals surface area contributed by atoms with E-state index in [1.807, 2.05) is 0 Å². The molecule has 152 valence electrons. The summed E-state index contributed by atoms with van der Waals surface area (Å²) < 4.78 is 7.32. The van der Waals surface area contributed by atoms with E-state index >= 15 is 0 Å². The number of aromatic nitrogens is 2. The van der Waals surface area contributed by atoms with E-state index in [-0.39, 0.29) is 32.9 Å². The summed E-state index contributed by atoms with van der Waals surface area (Å²) in [5.41, 5.74) is -1.27. The third-order valence-corrected chi connectivity index (χ3v) is 5.14. The van der Waals surface area contributed by atoms with Crippen LogP contribution in [0.3, 0.4) is 0 Å². The molecule has 2 aromatic heterocycles. The van der Waals surface area contributed by atoms with Gasteiger partial charge in [0.15, 0.2) is 0 Å². The van der Waals surface area contributed by atoms with Crippen LogP contribution >= 0.6 is 34.8 Å². The zero-order chi connectivity index (χ0) is 21.3. The van der Waals surface area contributed by atoms with Gasteiger partial charge in [0.2, 0.25) is 5.88 Å². The summed E-state index contributed by atoms with van der Waals surface area (Å²) in [5.74, 6) is -0.0972. The van der Waals surface area contributed by atoms with E-state index in [1.165, 1.54) is 18.4 Å². The maximum atomic E-state index is 12.8. The Hall–Kier alpha value is -2.48. The quantitative estimate of drug-likeness (QED) is 0.447. The first kappa shape index (κ1) is 21.2. The fourth-order valence-electron chi connectivity index (χ4n) is 2.69. The molecule has 0 spiro atoms. The lowest BCUT2D eigenvalue weighted by Gasteiger charge is -2.15. The Morgan fingerprint density at radius 1 is 1.17 bits per heavy atom. The van der Waals surface area contributed by atoms with Crippen molar-refractivity contribution in [1.29, 1.82) is 0 Å². The highest BCUT2D eigenvalue weighted by Gasteiger charge is 2.20. The van der Waals surface area contributed by atoms with E-state index in [4.69, 9.17) is 39.2 Å². The van der Waals surface area contributed by atoms with Crippen LogP contribution < -0.4 is 11.2 Å². The molecule has 0 aliphatic heterocycles. The zero-order valence-corrected chi connectivity index (χ0v) is 17.7. The van der Waals surface area contributed by atoms with Crippen LogP contribution in [0.15, 0.2) is 49.5 Å². The predicted octanol–water partition coefficient (Wildman–Crippen LogP) is 4.65. The number of aliphatic imine (C=N–C) groups is 1. The molecule has 0 saturated carbocycles. The van der Waals surface area contributed by atoms with Gasteiger partial charge in [-0.1, -0.05) is 34.8 Å². The topological polar surface area (TPSA) is 89.7 Å². The minimum absolute atomic E-state index is 0.0565. The number of hydrogen-bond donors (Lipinski definition) is 1. The van der Waals surface area contributed by atoms with Gasteiger partial charge in [0.1, 0.15) is 11.3 Å². The first-order valence-corrected chi connectivity index (χ1v) is 9.63. The van der Waals surface area contributed by atoms with Crippen molar-refractivity contribution in [3.8, 4) is 5.88 Å². The molecule has 0 unspecified atom stereocenters. The molecule has 0 radical (unpaired) electrons. The monoisotopic (exact) mass is 455 g/mol. The maximum Gasteiger partial charge on any atom is 0.334 e. The number of rotatable bonds is 5. The van der Waals surface area contributed by atoms with E-state index in [0.717, 1.165) is 15.3 Å². The van der Waals surface area contributed by atoms with Crippen LogP contribution in [0.25, 0.3) is 0 Å². The van der Waals surface area contributed by atoms with Gasteiger partial charge in [0, 0.05) is 12.3 Å². The molecule has 1 aromatic carbocycles. The Kier molecular flexibility index (Phi) is 6.21. The maximum absolute atomic E-state index is 12.8. The van der Waals surface area contributed by atoms with Gasteiger partial charge in [0.05, 0.1) is 33.6 Å². The fourth-order valence-corrected chi connectivity index (χ4v) is 3.28. The second-order valence-electron chi connectivity index (χ2n) is 6.43. The van der Waals surface area contributed by atoms with Crippen molar-refractivity contribution in [3.05, 3.63) is 77.8 Å². The van der Waals surface area contributed by atoms with E-state index in [9.17, 15) is 14.7 Å². The fraction of sp³-hybridized carbons (Fsp3) is 0.211. The van der Waals surface area contributed by atoms with Gasteiger partial charge >= 0.3 is 5.69 Å². The molecule has 0 fully saturated rings. The smallest absolute Gasteiger partial charge is 0.334 e. The Balaban J connectivity index is 2.18. The molecule has 29 heavy (non-hydrogen) atoms. The van der Waals surface area contributed by atoms with Crippen molar-refractivity contribution in [1.82, 2.24) is 9.13 Å². The summed E-state index contributed by atoms with van der Waals surface area (Å²) in [6.07, 6.45) is 2.59. The Labute approximate surface area is 180 Å². The van der Waals surface area contributed by atoms with Gasteiger partial charge in [-0.05, 0) is 38.1 Å². The summed E-state index contributed by atoms with van der Waals surface area (Å²) in [5, 5.41) is 11.3.